The standard InChI is InChI=1S/C16H17NO3/c1-19-13-8-9-14(15(10-13)20-2)16(18)17-11-12-6-4-3-5-7-12/h3-10H,11H2,1-2H3,(H,17,18). The largest absolute Gasteiger partial charge is 0.497 e. The molecule has 0 unspecified atom stereocenters. The number of amides is 1. The molecule has 0 aliphatic rings. The lowest BCUT2D eigenvalue weighted by Gasteiger charge is -2.10. The first-order chi connectivity index (χ1) is 9.74. The zero-order valence-electron chi connectivity index (χ0n) is 11.6. The number of rotatable bonds is 5. The third-order valence-corrected chi connectivity index (χ3v) is 2.95. The monoisotopic (exact) mass is 271 g/mol. The van der Waals surface area contributed by atoms with Gasteiger partial charge in [-0.05, 0) is 17.7 Å². The Morgan fingerprint density at radius 3 is 2.45 bits per heavy atom. The molecule has 0 heterocycles. The van der Waals surface area contributed by atoms with E-state index in [1.807, 2.05) is 30.3 Å². The van der Waals surface area contributed by atoms with Crippen LogP contribution < -0.4 is 14.8 Å². The maximum absolute atomic E-state index is 12.2. The van der Waals surface area contributed by atoms with E-state index in [4.69, 9.17) is 9.47 Å². The number of hydrogen-bond acceptors (Lipinski definition) is 3. The van der Waals surface area contributed by atoms with Crippen LogP contribution in [0.4, 0.5) is 0 Å². The van der Waals surface area contributed by atoms with E-state index in [-0.39, 0.29) is 5.91 Å². The van der Waals surface area contributed by atoms with Gasteiger partial charge in [0.2, 0.25) is 0 Å². The van der Waals surface area contributed by atoms with Crippen molar-refractivity contribution in [3.05, 3.63) is 59.7 Å². The van der Waals surface area contributed by atoms with E-state index >= 15 is 0 Å². The van der Waals surface area contributed by atoms with Crippen molar-refractivity contribution < 1.29 is 14.3 Å². The first-order valence-electron chi connectivity index (χ1n) is 6.28. The molecule has 1 amide bonds. The second-order valence-electron chi connectivity index (χ2n) is 4.23. The van der Waals surface area contributed by atoms with Crippen molar-refractivity contribution in [3.63, 3.8) is 0 Å². The predicted molar refractivity (Wildman–Crippen MR) is 77.2 cm³/mol. The van der Waals surface area contributed by atoms with Crippen LogP contribution >= 0.6 is 0 Å². The molecule has 0 fully saturated rings. The van der Waals surface area contributed by atoms with Gasteiger partial charge in [0.05, 0.1) is 19.8 Å². The van der Waals surface area contributed by atoms with Crippen LogP contribution in [-0.4, -0.2) is 20.1 Å². The van der Waals surface area contributed by atoms with E-state index in [9.17, 15) is 4.79 Å². The molecule has 2 rings (SSSR count). The highest BCUT2D eigenvalue weighted by Gasteiger charge is 2.12. The summed E-state index contributed by atoms with van der Waals surface area (Å²) in [5, 5.41) is 2.87. The van der Waals surface area contributed by atoms with Gasteiger partial charge in [0.1, 0.15) is 11.5 Å². The number of methoxy groups -OCH3 is 2. The van der Waals surface area contributed by atoms with Crippen LogP contribution in [0.25, 0.3) is 0 Å². The summed E-state index contributed by atoms with van der Waals surface area (Å²) in [6.07, 6.45) is 0. The fourth-order valence-electron chi connectivity index (χ4n) is 1.86. The molecule has 2 aromatic rings. The van der Waals surface area contributed by atoms with Gasteiger partial charge in [-0.2, -0.15) is 0 Å². The van der Waals surface area contributed by atoms with Gasteiger partial charge in [0.25, 0.3) is 5.91 Å². The molecule has 0 spiro atoms. The van der Waals surface area contributed by atoms with Crippen LogP contribution in [0.1, 0.15) is 15.9 Å². The van der Waals surface area contributed by atoms with Gasteiger partial charge in [-0.15, -0.1) is 0 Å². The maximum Gasteiger partial charge on any atom is 0.255 e. The summed E-state index contributed by atoms with van der Waals surface area (Å²) < 4.78 is 10.3. The van der Waals surface area contributed by atoms with Crippen molar-refractivity contribution in [1.29, 1.82) is 0 Å². The van der Waals surface area contributed by atoms with Gasteiger partial charge in [-0.3, -0.25) is 4.79 Å². The van der Waals surface area contributed by atoms with Crippen molar-refractivity contribution in [1.82, 2.24) is 5.32 Å². The Labute approximate surface area is 118 Å². The van der Waals surface area contributed by atoms with Crippen molar-refractivity contribution in [2.75, 3.05) is 14.2 Å². The number of carbonyl (C=O) groups is 1. The lowest BCUT2D eigenvalue weighted by molar-refractivity contribution is 0.0948. The second kappa shape index (κ2) is 6.61. The normalized spacial score (nSPS) is 9.90. The molecule has 104 valence electrons. The molecule has 1 N–H and O–H groups in total. The third-order valence-electron chi connectivity index (χ3n) is 2.95. The van der Waals surface area contributed by atoms with E-state index in [0.29, 0.717) is 23.6 Å². The molecule has 0 atom stereocenters. The first-order valence-corrected chi connectivity index (χ1v) is 6.28. The summed E-state index contributed by atoms with van der Waals surface area (Å²) in [5.41, 5.74) is 1.54. The molecule has 0 bridgehead atoms. The molecular formula is C16H17NO3. The lowest BCUT2D eigenvalue weighted by atomic mass is 10.1. The van der Waals surface area contributed by atoms with Gasteiger partial charge >= 0.3 is 0 Å². The topological polar surface area (TPSA) is 47.6 Å². The van der Waals surface area contributed by atoms with Crippen LogP contribution in [0.5, 0.6) is 11.5 Å². The van der Waals surface area contributed by atoms with Crippen LogP contribution in [-0.2, 0) is 6.54 Å². The van der Waals surface area contributed by atoms with E-state index in [1.165, 1.54) is 7.11 Å². The fraction of sp³-hybridized carbons (Fsp3) is 0.188. The number of carbonyl (C=O) groups excluding carboxylic acids is 1. The molecule has 2 aromatic carbocycles. The molecule has 4 heteroatoms. The minimum atomic E-state index is -0.173. The SMILES string of the molecule is COc1ccc(C(=O)NCc2ccccc2)c(OC)c1. The summed E-state index contributed by atoms with van der Waals surface area (Å²) in [4.78, 5) is 12.2. The predicted octanol–water partition coefficient (Wildman–Crippen LogP) is 2.63. The summed E-state index contributed by atoms with van der Waals surface area (Å²) in [7, 11) is 3.10. The van der Waals surface area contributed by atoms with E-state index in [1.54, 1.807) is 25.3 Å². The Bertz CT molecular complexity index is 582. The van der Waals surface area contributed by atoms with Crippen LogP contribution in [0.2, 0.25) is 0 Å². The highest BCUT2D eigenvalue weighted by Crippen LogP contribution is 2.24. The van der Waals surface area contributed by atoms with Crippen LogP contribution in [0, 0.1) is 0 Å². The Kier molecular flexibility index (Phi) is 4.60. The Balaban J connectivity index is 2.09. The zero-order valence-corrected chi connectivity index (χ0v) is 11.6. The molecule has 0 saturated carbocycles. The smallest absolute Gasteiger partial charge is 0.255 e. The highest BCUT2D eigenvalue weighted by molar-refractivity contribution is 5.97. The lowest BCUT2D eigenvalue weighted by Crippen LogP contribution is -2.23. The van der Waals surface area contributed by atoms with Crippen molar-refractivity contribution in [3.8, 4) is 11.5 Å². The van der Waals surface area contributed by atoms with E-state index in [2.05, 4.69) is 5.32 Å². The minimum absolute atomic E-state index is 0.173. The highest BCUT2D eigenvalue weighted by atomic mass is 16.5. The number of nitrogens with one attached hydrogen (secondary N) is 1. The molecule has 0 radical (unpaired) electrons. The van der Waals surface area contributed by atoms with Gasteiger partial charge < -0.3 is 14.8 Å². The number of hydrogen-bond donors (Lipinski definition) is 1. The molecule has 0 saturated heterocycles. The minimum Gasteiger partial charge on any atom is -0.497 e. The quantitative estimate of drug-likeness (QED) is 0.909. The summed E-state index contributed by atoms with van der Waals surface area (Å²) in [6.45, 7) is 0.481. The van der Waals surface area contributed by atoms with Crippen molar-refractivity contribution in [2.45, 2.75) is 6.54 Å². The van der Waals surface area contributed by atoms with Gasteiger partial charge in [-0.25, -0.2) is 0 Å². The second-order valence-corrected chi connectivity index (χ2v) is 4.23. The maximum atomic E-state index is 12.2. The summed E-state index contributed by atoms with van der Waals surface area (Å²) in [6, 6.07) is 14.9. The molecule has 0 aliphatic heterocycles. The Morgan fingerprint density at radius 2 is 1.80 bits per heavy atom. The number of ether oxygens (including phenoxy) is 2. The van der Waals surface area contributed by atoms with Crippen molar-refractivity contribution in [2.24, 2.45) is 0 Å². The molecule has 4 nitrogen and oxygen atoms in total. The average molecular weight is 271 g/mol. The molecule has 20 heavy (non-hydrogen) atoms. The molecule has 0 aromatic heterocycles. The van der Waals surface area contributed by atoms with E-state index < -0.39 is 0 Å². The van der Waals surface area contributed by atoms with E-state index in [0.717, 1.165) is 5.56 Å². The van der Waals surface area contributed by atoms with Crippen LogP contribution in [0.3, 0.4) is 0 Å². The zero-order chi connectivity index (χ0) is 14.4. The van der Waals surface area contributed by atoms with Gasteiger partial charge in [0.15, 0.2) is 0 Å². The number of benzene rings is 2. The van der Waals surface area contributed by atoms with Crippen molar-refractivity contribution >= 4 is 5.91 Å². The Morgan fingerprint density at radius 1 is 1.05 bits per heavy atom. The molecular weight excluding hydrogens is 254 g/mol. The Hall–Kier alpha value is -2.49. The summed E-state index contributed by atoms with van der Waals surface area (Å²) in [5.74, 6) is 0.977. The summed E-state index contributed by atoms with van der Waals surface area (Å²) >= 11 is 0. The fourth-order valence-corrected chi connectivity index (χ4v) is 1.86. The van der Waals surface area contributed by atoms with Crippen LogP contribution in [0.15, 0.2) is 48.5 Å². The first kappa shape index (κ1) is 13.9. The average Bonchev–Trinajstić information content (AvgIpc) is 2.52. The third kappa shape index (κ3) is 3.29. The molecule has 0 aliphatic carbocycles. The van der Waals surface area contributed by atoms with Gasteiger partial charge in [-0.1, -0.05) is 30.3 Å². The van der Waals surface area contributed by atoms with Gasteiger partial charge in [0, 0.05) is 12.6 Å².